The molecule has 1 saturated carbocycles. The first-order valence-electron chi connectivity index (χ1n) is 11.9. The number of nitrogens with zero attached hydrogens (tertiary/aromatic N) is 2. The molecule has 0 amide bonds. The number of aliphatic imine (C=N–C) groups is 1. The lowest BCUT2D eigenvalue weighted by atomic mass is 9.78. The maximum absolute atomic E-state index is 13.3. The highest BCUT2D eigenvalue weighted by Crippen LogP contribution is 2.36. The lowest BCUT2D eigenvalue weighted by Crippen LogP contribution is -2.26. The van der Waals surface area contributed by atoms with Crippen molar-refractivity contribution in [3.8, 4) is 5.75 Å². The van der Waals surface area contributed by atoms with E-state index in [9.17, 15) is 19.8 Å². The van der Waals surface area contributed by atoms with Crippen LogP contribution in [-0.4, -0.2) is 32.6 Å². The first-order chi connectivity index (χ1) is 17.0. The van der Waals surface area contributed by atoms with Gasteiger partial charge in [0.15, 0.2) is 11.6 Å². The van der Waals surface area contributed by atoms with Gasteiger partial charge in [0.05, 0.1) is 22.5 Å². The van der Waals surface area contributed by atoms with Crippen molar-refractivity contribution in [1.29, 1.82) is 0 Å². The lowest BCUT2D eigenvalue weighted by Gasteiger charge is -2.26. The molecule has 1 atom stereocenters. The monoisotopic (exact) mass is 470 g/mol. The van der Waals surface area contributed by atoms with E-state index in [0.717, 1.165) is 12.0 Å². The van der Waals surface area contributed by atoms with Gasteiger partial charge in [-0.2, -0.15) is 0 Å². The number of hydrogen-bond donors (Lipinski definition) is 2. The topological polar surface area (TPSA) is 113 Å². The number of para-hydroxylation sites is 2. The number of phenols is 1. The van der Waals surface area contributed by atoms with Crippen molar-refractivity contribution in [2.24, 2.45) is 4.99 Å². The number of Topliss-reactive ketones (excluding diaryl/α,β-unsaturated/α-hetero) is 2. The molecule has 1 aromatic heterocycles. The van der Waals surface area contributed by atoms with E-state index in [0.29, 0.717) is 47.7 Å². The second kappa shape index (κ2) is 9.70. The number of benzene rings is 2. The summed E-state index contributed by atoms with van der Waals surface area (Å²) in [7, 11) is 0. The van der Waals surface area contributed by atoms with Gasteiger partial charge in [0.25, 0.3) is 0 Å². The Morgan fingerprint density at radius 1 is 1.00 bits per heavy atom. The zero-order valence-electron chi connectivity index (χ0n) is 19.2. The lowest BCUT2D eigenvalue weighted by molar-refractivity contribution is -0.116. The van der Waals surface area contributed by atoms with Crippen LogP contribution in [0.1, 0.15) is 65.4 Å². The van der Waals surface area contributed by atoms with Gasteiger partial charge in [-0.05, 0) is 36.5 Å². The minimum atomic E-state index is -0.199. The number of aromatic hydroxyl groups is 1. The van der Waals surface area contributed by atoms with Crippen molar-refractivity contribution in [2.75, 3.05) is 0 Å². The number of fused-ring (bicyclic) bond motifs is 1. The van der Waals surface area contributed by atoms with Crippen LogP contribution in [0.15, 0.2) is 75.4 Å². The smallest absolute Gasteiger partial charge is 0.168 e. The van der Waals surface area contributed by atoms with Gasteiger partial charge in [0.1, 0.15) is 23.0 Å². The zero-order valence-corrected chi connectivity index (χ0v) is 19.2. The summed E-state index contributed by atoms with van der Waals surface area (Å²) >= 11 is 0. The summed E-state index contributed by atoms with van der Waals surface area (Å²) in [6, 6.07) is 16.4. The number of allylic oxidation sites excluding steroid dienone is 2. The van der Waals surface area contributed by atoms with Crippen molar-refractivity contribution in [2.45, 2.75) is 50.9 Å². The van der Waals surface area contributed by atoms with Crippen LogP contribution in [0.25, 0.3) is 0 Å². The van der Waals surface area contributed by atoms with Crippen molar-refractivity contribution >= 4 is 23.0 Å². The standard InChI is InChI=1S/C28H26N2O5/c31-22-10-5-4-9-19(22)29-21-15-18(17-7-2-1-3-8-17)16-25(34)27(21)24(33)14-13-20-28-23(32)11-6-12-26(28)35-30-20/h1-5,7-10,18,31,33H,6,11-16H2/b27-24+,29-21?. The fourth-order valence-corrected chi connectivity index (χ4v) is 4.90. The first-order valence-corrected chi connectivity index (χ1v) is 11.9. The molecule has 5 rings (SSSR count). The molecular weight excluding hydrogens is 444 g/mol. The summed E-state index contributed by atoms with van der Waals surface area (Å²) in [5.74, 6) is 0.247. The number of aromatic nitrogens is 1. The molecule has 1 heterocycles. The Balaban J connectivity index is 1.48. The molecule has 3 aromatic rings. The summed E-state index contributed by atoms with van der Waals surface area (Å²) in [6.07, 6.45) is 2.99. The molecular formula is C28H26N2O5. The SMILES string of the molecule is O=C1CC(c2ccccc2)CC(=Nc2ccccc2O)/C1=C(\O)CCc1noc2c1C(=O)CCC2. The van der Waals surface area contributed by atoms with Gasteiger partial charge in [-0.15, -0.1) is 0 Å². The second-order valence-corrected chi connectivity index (χ2v) is 9.01. The molecule has 7 heteroatoms. The Bertz CT molecular complexity index is 1340. The zero-order chi connectivity index (χ0) is 24.4. The predicted molar refractivity (Wildman–Crippen MR) is 130 cm³/mol. The number of aliphatic hydroxyl groups is 1. The number of aryl methyl sites for hydroxylation is 2. The largest absolute Gasteiger partial charge is 0.511 e. The van der Waals surface area contributed by atoms with E-state index in [-0.39, 0.29) is 53.8 Å². The Morgan fingerprint density at radius 3 is 2.57 bits per heavy atom. The van der Waals surface area contributed by atoms with Gasteiger partial charge >= 0.3 is 0 Å². The third kappa shape index (κ3) is 4.67. The van der Waals surface area contributed by atoms with Crippen LogP contribution in [-0.2, 0) is 17.6 Å². The highest BCUT2D eigenvalue weighted by atomic mass is 16.5. The minimum absolute atomic E-state index is 0.000797. The molecule has 35 heavy (non-hydrogen) atoms. The van der Waals surface area contributed by atoms with Gasteiger partial charge in [0, 0.05) is 32.1 Å². The normalized spacial score (nSPS) is 20.7. The van der Waals surface area contributed by atoms with Crippen LogP contribution < -0.4 is 0 Å². The summed E-state index contributed by atoms with van der Waals surface area (Å²) in [6.45, 7) is 0. The molecule has 7 nitrogen and oxygen atoms in total. The molecule has 0 aliphatic heterocycles. The molecule has 2 aromatic carbocycles. The maximum Gasteiger partial charge on any atom is 0.168 e. The average Bonchev–Trinajstić information content (AvgIpc) is 3.29. The van der Waals surface area contributed by atoms with Crippen LogP contribution in [0, 0.1) is 0 Å². The predicted octanol–water partition coefficient (Wildman–Crippen LogP) is 5.56. The fraction of sp³-hybridized carbons (Fsp3) is 0.286. The number of carbonyl (C=O) groups is 2. The van der Waals surface area contributed by atoms with Crippen molar-refractivity contribution in [1.82, 2.24) is 5.16 Å². The van der Waals surface area contributed by atoms with Gasteiger partial charge in [-0.25, -0.2) is 4.99 Å². The highest BCUT2D eigenvalue weighted by molar-refractivity contribution is 6.25. The van der Waals surface area contributed by atoms with E-state index >= 15 is 0 Å². The van der Waals surface area contributed by atoms with Gasteiger partial charge in [0.2, 0.25) is 0 Å². The van der Waals surface area contributed by atoms with E-state index in [2.05, 4.69) is 10.1 Å². The van der Waals surface area contributed by atoms with Crippen molar-refractivity contribution < 1.29 is 24.3 Å². The van der Waals surface area contributed by atoms with E-state index in [1.807, 2.05) is 30.3 Å². The third-order valence-electron chi connectivity index (χ3n) is 6.65. The Kier molecular flexibility index (Phi) is 6.31. The highest BCUT2D eigenvalue weighted by Gasteiger charge is 2.33. The van der Waals surface area contributed by atoms with E-state index in [1.54, 1.807) is 18.2 Å². The van der Waals surface area contributed by atoms with Crippen LogP contribution in [0.5, 0.6) is 5.75 Å². The van der Waals surface area contributed by atoms with E-state index in [1.165, 1.54) is 6.07 Å². The number of carbonyl (C=O) groups excluding carboxylic acids is 2. The Labute approximate surface area is 202 Å². The molecule has 0 bridgehead atoms. The fourth-order valence-electron chi connectivity index (χ4n) is 4.90. The maximum atomic E-state index is 13.3. The number of rotatable bonds is 5. The van der Waals surface area contributed by atoms with Gasteiger partial charge in [-0.3, -0.25) is 9.59 Å². The van der Waals surface area contributed by atoms with Crippen molar-refractivity contribution in [3.63, 3.8) is 0 Å². The van der Waals surface area contributed by atoms with E-state index in [4.69, 9.17) is 4.52 Å². The summed E-state index contributed by atoms with van der Waals surface area (Å²) < 4.78 is 5.35. The van der Waals surface area contributed by atoms with Crippen LogP contribution >= 0.6 is 0 Å². The molecule has 1 unspecified atom stereocenters. The van der Waals surface area contributed by atoms with Gasteiger partial charge < -0.3 is 14.7 Å². The molecule has 2 aliphatic rings. The summed E-state index contributed by atoms with van der Waals surface area (Å²) in [5, 5.41) is 25.4. The van der Waals surface area contributed by atoms with Crippen LogP contribution in [0.2, 0.25) is 0 Å². The number of aliphatic hydroxyl groups excluding tert-OH is 1. The molecule has 0 radical (unpaired) electrons. The van der Waals surface area contributed by atoms with Gasteiger partial charge in [-0.1, -0.05) is 47.6 Å². The van der Waals surface area contributed by atoms with Crippen LogP contribution in [0.4, 0.5) is 5.69 Å². The molecule has 178 valence electrons. The third-order valence-corrected chi connectivity index (χ3v) is 6.65. The van der Waals surface area contributed by atoms with Crippen LogP contribution in [0.3, 0.4) is 0 Å². The number of phenolic OH excluding ortho intramolecular Hbond substituents is 1. The molecule has 0 saturated heterocycles. The minimum Gasteiger partial charge on any atom is -0.511 e. The molecule has 1 fully saturated rings. The van der Waals surface area contributed by atoms with Crippen molar-refractivity contribution in [3.05, 3.63) is 88.5 Å². The average molecular weight is 471 g/mol. The second-order valence-electron chi connectivity index (χ2n) is 9.01. The molecule has 2 aliphatic carbocycles. The first kappa shape index (κ1) is 22.8. The number of ketones is 2. The summed E-state index contributed by atoms with van der Waals surface area (Å²) in [5.41, 5.74) is 3.02. The quantitative estimate of drug-likeness (QED) is 0.373. The number of hydrogen-bond acceptors (Lipinski definition) is 7. The van der Waals surface area contributed by atoms with E-state index < -0.39 is 0 Å². The Hall–Kier alpha value is -4.00. The molecule has 0 spiro atoms. The molecule has 2 N–H and O–H groups in total. The summed E-state index contributed by atoms with van der Waals surface area (Å²) in [4.78, 5) is 30.3. The Morgan fingerprint density at radius 2 is 1.77 bits per heavy atom.